The van der Waals surface area contributed by atoms with E-state index in [1.807, 2.05) is 7.05 Å². The summed E-state index contributed by atoms with van der Waals surface area (Å²) in [6.45, 7) is 1.45. The summed E-state index contributed by atoms with van der Waals surface area (Å²) in [7, 11) is 1.83. The lowest BCUT2D eigenvalue weighted by molar-refractivity contribution is 0.541. The maximum atomic E-state index is 9.42. The third-order valence-corrected chi connectivity index (χ3v) is 0.572. The second-order valence-electron chi connectivity index (χ2n) is 1.13. The van der Waals surface area contributed by atoms with Crippen LogP contribution >= 0.6 is 0 Å². The number of nitrogens with one attached hydrogen (secondary N) is 2. The number of hydrogen-bond donors (Lipinski definition) is 2. The molecule has 1 radical (unpaired) electrons. The Morgan fingerprint density at radius 2 is 2.29 bits per heavy atom. The first-order valence-corrected chi connectivity index (χ1v) is 2.16. The largest absolute Gasteiger partial charge is 0.347 e. The third kappa shape index (κ3) is 5.43. The fraction of sp³-hybridized carbons (Fsp3) is 0.750. The molecular formula is C4H9N2O. The van der Waals surface area contributed by atoms with E-state index in [0.29, 0.717) is 6.54 Å². The van der Waals surface area contributed by atoms with Gasteiger partial charge in [-0.05, 0) is 7.05 Å². The van der Waals surface area contributed by atoms with Crippen LogP contribution in [-0.2, 0) is 4.79 Å². The SMILES string of the molecule is CNCCN[C]=O. The maximum absolute atomic E-state index is 9.42. The summed E-state index contributed by atoms with van der Waals surface area (Å²) in [6, 6.07) is 0. The normalized spacial score (nSPS) is 8.14. The quantitative estimate of drug-likeness (QED) is 0.347. The van der Waals surface area contributed by atoms with Crippen LogP contribution in [0, 0.1) is 0 Å². The van der Waals surface area contributed by atoms with Gasteiger partial charge in [0.1, 0.15) is 0 Å². The van der Waals surface area contributed by atoms with E-state index >= 15 is 0 Å². The first kappa shape index (κ1) is 6.43. The summed E-state index contributed by atoms with van der Waals surface area (Å²) in [5, 5.41) is 5.24. The Bertz CT molecular complexity index is 47.0. The van der Waals surface area contributed by atoms with Gasteiger partial charge in [-0.3, -0.25) is 4.79 Å². The van der Waals surface area contributed by atoms with Gasteiger partial charge in [0.25, 0.3) is 0 Å². The topological polar surface area (TPSA) is 41.1 Å². The van der Waals surface area contributed by atoms with Crippen LogP contribution in [0.2, 0.25) is 0 Å². The lowest BCUT2D eigenvalue weighted by Gasteiger charge is -1.92. The van der Waals surface area contributed by atoms with Crippen LogP contribution in [0.5, 0.6) is 0 Å². The average Bonchev–Trinajstić information content (AvgIpc) is 1.69. The highest BCUT2D eigenvalue weighted by molar-refractivity contribution is 5.46. The summed E-state index contributed by atoms with van der Waals surface area (Å²) in [5.74, 6) is 0. The van der Waals surface area contributed by atoms with Crippen LogP contribution in [-0.4, -0.2) is 26.5 Å². The minimum atomic E-state index is 0.653. The molecular weight excluding hydrogens is 92.1 g/mol. The molecule has 0 aliphatic carbocycles. The molecule has 41 valence electrons. The van der Waals surface area contributed by atoms with Gasteiger partial charge in [-0.1, -0.05) is 0 Å². The van der Waals surface area contributed by atoms with Crippen molar-refractivity contribution in [1.29, 1.82) is 0 Å². The van der Waals surface area contributed by atoms with Gasteiger partial charge in [0.15, 0.2) is 0 Å². The van der Waals surface area contributed by atoms with Gasteiger partial charge in [0.2, 0.25) is 0 Å². The zero-order valence-corrected chi connectivity index (χ0v) is 4.32. The molecule has 1 amide bonds. The molecule has 0 aromatic heterocycles. The number of hydrogen-bond acceptors (Lipinski definition) is 2. The predicted octanol–water partition coefficient (Wildman–Crippen LogP) is -1.14. The Kier molecular flexibility index (Phi) is 4.99. The van der Waals surface area contributed by atoms with Crippen molar-refractivity contribution in [3.8, 4) is 0 Å². The van der Waals surface area contributed by atoms with Gasteiger partial charge < -0.3 is 10.6 Å². The molecule has 0 rings (SSSR count). The molecule has 7 heavy (non-hydrogen) atoms. The van der Waals surface area contributed by atoms with Crippen LogP contribution in [0.1, 0.15) is 0 Å². The van der Waals surface area contributed by atoms with Crippen molar-refractivity contribution in [3.05, 3.63) is 0 Å². The minimum Gasteiger partial charge on any atom is -0.347 e. The van der Waals surface area contributed by atoms with E-state index in [1.54, 1.807) is 6.41 Å². The van der Waals surface area contributed by atoms with E-state index in [-0.39, 0.29) is 0 Å². The smallest absolute Gasteiger partial charge is 0.309 e. The molecule has 0 atom stereocenters. The molecule has 0 bridgehead atoms. The van der Waals surface area contributed by atoms with E-state index < -0.39 is 0 Å². The fourth-order valence-corrected chi connectivity index (χ4v) is 0.239. The maximum Gasteiger partial charge on any atom is 0.309 e. The number of amides is 1. The van der Waals surface area contributed by atoms with Crippen LogP contribution in [0.25, 0.3) is 0 Å². The van der Waals surface area contributed by atoms with Crippen molar-refractivity contribution in [1.82, 2.24) is 10.6 Å². The summed E-state index contributed by atoms with van der Waals surface area (Å²) in [6.07, 6.45) is 1.56. The highest BCUT2D eigenvalue weighted by Crippen LogP contribution is 1.46. The Balaban J connectivity index is 2.56. The van der Waals surface area contributed by atoms with Gasteiger partial charge in [0.05, 0.1) is 0 Å². The van der Waals surface area contributed by atoms with Crippen molar-refractivity contribution >= 4 is 6.41 Å². The molecule has 2 N–H and O–H groups in total. The molecule has 0 aromatic carbocycles. The Labute approximate surface area is 43.1 Å². The summed E-state index contributed by atoms with van der Waals surface area (Å²) in [4.78, 5) is 9.42. The van der Waals surface area contributed by atoms with Crippen molar-refractivity contribution in [2.75, 3.05) is 20.1 Å². The number of carbonyl (C=O) groups excluding carboxylic acids is 1. The number of rotatable bonds is 4. The molecule has 0 aromatic rings. The Morgan fingerprint density at radius 1 is 1.57 bits per heavy atom. The van der Waals surface area contributed by atoms with Crippen molar-refractivity contribution in [2.45, 2.75) is 0 Å². The second kappa shape index (κ2) is 5.43. The average molecular weight is 101 g/mol. The Morgan fingerprint density at radius 3 is 2.71 bits per heavy atom. The van der Waals surface area contributed by atoms with Gasteiger partial charge >= 0.3 is 6.41 Å². The van der Waals surface area contributed by atoms with Gasteiger partial charge in [-0.15, -0.1) is 0 Å². The highest BCUT2D eigenvalue weighted by Gasteiger charge is 1.76. The number of likely N-dealkylation sites (N-methyl/N-ethyl adjacent to an activating group) is 1. The molecule has 0 heterocycles. The predicted molar refractivity (Wildman–Crippen MR) is 27.6 cm³/mol. The van der Waals surface area contributed by atoms with Crippen molar-refractivity contribution in [2.24, 2.45) is 0 Å². The zero-order valence-electron chi connectivity index (χ0n) is 4.32. The Hall–Kier alpha value is -0.570. The molecule has 0 unspecified atom stereocenters. The van der Waals surface area contributed by atoms with E-state index in [4.69, 9.17) is 0 Å². The third-order valence-electron chi connectivity index (χ3n) is 0.572. The molecule has 0 fully saturated rings. The fourth-order valence-electron chi connectivity index (χ4n) is 0.239. The minimum absolute atomic E-state index is 0.653. The summed E-state index contributed by atoms with van der Waals surface area (Å²) >= 11 is 0. The molecule has 0 saturated carbocycles. The van der Waals surface area contributed by atoms with Gasteiger partial charge in [-0.25, -0.2) is 0 Å². The van der Waals surface area contributed by atoms with E-state index in [9.17, 15) is 4.79 Å². The van der Waals surface area contributed by atoms with E-state index in [1.165, 1.54) is 0 Å². The van der Waals surface area contributed by atoms with E-state index in [2.05, 4.69) is 10.6 Å². The second-order valence-corrected chi connectivity index (χ2v) is 1.13. The molecule has 0 aliphatic rings. The van der Waals surface area contributed by atoms with Crippen LogP contribution < -0.4 is 10.6 Å². The highest BCUT2D eigenvalue weighted by atomic mass is 16.1. The molecule has 0 aliphatic heterocycles. The van der Waals surface area contributed by atoms with Gasteiger partial charge in [0, 0.05) is 13.1 Å². The zero-order chi connectivity index (χ0) is 5.54. The first-order valence-electron chi connectivity index (χ1n) is 2.16. The summed E-state index contributed by atoms with van der Waals surface area (Å²) < 4.78 is 0. The van der Waals surface area contributed by atoms with Crippen molar-refractivity contribution in [3.63, 3.8) is 0 Å². The lowest BCUT2D eigenvalue weighted by atomic mass is 10.6. The molecule has 0 saturated heterocycles. The van der Waals surface area contributed by atoms with Crippen LogP contribution in [0.3, 0.4) is 0 Å². The van der Waals surface area contributed by atoms with Gasteiger partial charge in [-0.2, -0.15) is 0 Å². The summed E-state index contributed by atoms with van der Waals surface area (Å²) in [5.41, 5.74) is 0. The molecule has 3 heteroatoms. The monoisotopic (exact) mass is 101 g/mol. The van der Waals surface area contributed by atoms with Crippen LogP contribution in [0.15, 0.2) is 0 Å². The first-order chi connectivity index (χ1) is 3.41. The standard InChI is InChI=1S/C4H9N2O/c1-5-2-3-6-4-7/h5H,2-3H2,1H3,(H,6,7). The molecule has 0 spiro atoms. The lowest BCUT2D eigenvalue weighted by Crippen LogP contribution is -2.23. The van der Waals surface area contributed by atoms with E-state index in [0.717, 1.165) is 6.54 Å². The molecule has 3 nitrogen and oxygen atoms in total. The van der Waals surface area contributed by atoms with Crippen molar-refractivity contribution < 1.29 is 4.79 Å². The van der Waals surface area contributed by atoms with Crippen LogP contribution in [0.4, 0.5) is 0 Å².